The van der Waals surface area contributed by atoms with Crippen LogP contribution in [-0.4, -0.2) is 34.8 Å². The molecule has 2 heterocycles. The highest BCUT2D eigenvalue weighted by molar-refractivity contribution is 6.28. The average molecular weight is 264 g/mol. The maximum Gasteiger partial charge on any atom is 0.224 e. The number of aliphatic hydroxyl groups excluding tert-OH is 1. The van der Waals surface area contributed by atoms with E-state index < -0.39 is 0 Å². The van der Waals surface area contributed by atoms with Crippen LogP contribution >= 0.6 is 11.6 Å². The second-order valence-electron chi connectivity index (χ2n) is 4.62. The van der Waals surface area contributed by atoms with Crippen molar-refractivity contribution in [3.8, 4) is 0 Å². The molecule has 1 aromatic heterocycles. The lowest BCUT2D eigenvalue weighted by Gasteiger charge is -2.19. The lowest BCUT2D eigenvalue weighted by molar-refractivity contribution is 0.238. The van der Waals surface area contributed by atoms with Crippen molar-refractivity contribution < 1.29 is 5.11 Å². The zero-order chi connectivity index (χ0) is 12.5. The Morgan fingerprint density at radius 3 is 2.94 bits per heavy atom. The first-order valence-corrected chi connectivity index (χ1v) is 6.44. The first-order chi connectivity index (χ1) is 8.78. The minimum Gasteiger partial charge on any atom is -0.396 e. The van der Waals surface area contributed by atoms with Gasteiger partial charge in [-0.2, -0.15) is 4.98 Å². The minimum absolute atomic E-state index is 0.229. The predicted octanol–water partition coefficient (Wildman–Crippen LogP) is 2.10. The molecular weight excluding hydrogens is 250 g/mol. The molecule has 1 aliphatic heterocycles. The summed E-state index contributed by atoms with van der Waals surface area (Å²) >= 11 is 5.97. The Balaban J connectivity index is 2.06. The van der Waals surface area contributed by atoms with E-state index in [1.54, 1.807) is 0 Å². The minimum atomic E-state index is 0.229. The van der Waals surface area contributed by atoms with Crippen molar-refractivity contribution in [2.75, 3.05) is 24.6 Å². The first kappa shape index (κ1) is 11.7. The van der Waals surface area contributed by atoms with E-state index in [1.165, 1.54) is 0 Å². The normalized spacial score (nSPS) is 19.7. The van der Waals surface area contributed by atoms with Gasteiger partial charge in [-0.05, 0) is 30.2 Å². The van der Waals surface area contributed by atoms with E-state index in [2.05, 4.69) is 14.9 Å². The van der Waals surface area contributed by atoms with Crippen molar-refractivity contribution in [3.63, 3.8) is 0 Å². The van der Waals surface area contributed by atoms with Gasteiger partial charge in [-0.1, -0.05) is 12.1 Å². The molecule has 0 amide bonds. The van der Waals surface area contributed by atoms with E-state index in [4.69, 9.17) is 11.6 Å². The van der Waals surface area contributed by atoms with Gasteiger partial charge in [0.15, 0.2) is 0 Å². The van der Waals surface area contributed by atoms with E-state index in [0.29, 0.717) is 5.92 Å². The van der Waals surface area contributed by atoms with E-state index in [-0.39, 0.29) is 11.9 Å². The predicted molar refractivity (Wildman–Crippen MR) is 72.0 cm³/mol. The molecule has 1 atom stereocenters. The summed E-state index contributed by atoms with van der Waals surface area (Å²) in [4.78, 5) is 10.8. The molecule has 4 nitrogen and oxygen atoms in total. The maximum absolute atomic E-state index is 9.21. The van der Waals surface area contributed by atoms with Crippen LogP contribution in [0.5, 0.6) is 0 Å². The van der Waals surface area contributed by atoms with Crippen LogP contribution in [0.1, 0.15) is 6.42 Å². The molecule has 0 aliphatic carbocycles. The van der Waals surface area contributed by atoms with Crippen LogP contribution in [0.2, 0.25) is 5.28 Å². The summed E-state index contributed by atoms with van der Waals surface area (Å²) < 4.78 is 0. The largest absolute Gasteiger partial charge is 0.396 e. The van der Waals surface area contributed by atoms with Crippen LogP contribution in [0.3, 0.4) is 0 Å². The van der Waals surface area contributed by atoms with Crippen molar-refractivity contribution in [1.82, 2.24) is 9.97 Å². The lowest BCUT2D eigenvalue weighted by atomic mass is 10.1. The number of hydrogen-bond donors (Lipinski definition) is 1. The smallest absolute Gasteiger partial charge is 0.224 e. The SMILES string of the molecule is OCC1CCN(c2nc(Cl)nc3ccccc23)C1. The number of nitrogens with zero attached hydrogens (tertiary/aromatic N) is 3. The fourth-order valence-corrected chi connectivity index (χ4v) is 2.62. The number of aromatic nitrogens is 2. The summed E-state index contributed by atoms with van der Waals surface area (Å²) in [5.41, 5.74) is 0.861. The molecule has 1 fully saturated rings. The summed E-state index contributed by atoms with van der Waals surface area (Å²) in [6, 6.07) is 7.86. The van der Waals surface area contributed by atoms with E-state index in [9.17, 15) is 5.11 Å². The van der Waals surface area contributed by atoms with E-state index in [1.807, 2.05) is 24.3 Å². The summed E-state index contributed by atoms with van der Waals surface area (Å²) in [5.74, 6) is 1.21. The van der Waals surface area contributed by atoms with Crippen molar-refractivity contribution in [2.45, 2.75) is 6.42 Å². The standard InChI is InChI=1S/C13H14ClN3O/c14-13-15-11-4-2-1-3-10(11)12(16-13)17-6-5-9(7-17)8-18/h1-4,9,18H,5-8H2. The third kappa shape index (κ3) is 2.02. The lowest BCUT2D eigenvalue weighted by Crippen LogP contribution is -2.22. The number of para-hydroxylation sites is 1. The van der Waals surface area contributed by atoms with Gasteiger partial charge in [0.1, 0.15) is 5.82 Å². The number of hydrogen-bond acceptors (Lipinski definition) is 4. The third-order valence-electron chi connectivity index (χ3n) is 3.40. The molecule has 0 bridgehead atoms. The molecule has 0 saturated carbocycles. The number of fused-ring (bicyclic) bond motifs is 1. The molecule has 2 aromatic rings. The van der Waals surface area contributed by atoms with E-state index >= 15 is 0 Å². The summed E-state index contributed by atoms with van der Waals surface area (Å²) in [6.07, 6.45) is 0.993. The summed E-state index contributed by atoms with van der Waals surface area (Å²) in [5, 5.41) is 10.5. The number of benzene rings is 1. The number of anilines is 1. The summed E-state index contributed by atoms with van der Waals surface area (Å²) in [6.45, 7) is 1.96. The zero-order valence-corrected chi connectivity index (χ0v) is 10.6. The Kier molecular flexibility index (Phi) is 3.06. The molecule has 1 aromatic carbocycles. The van der Waals surface area contributed by atoms with Crippen LogP contribution < -0.4 is 4.90 Å². The molecule has 18 heavy (non-hydrogen) atoms. The van der Waals surface area contributed by atoms with Crippen molar-refractivity contribution in [3.05, 3.63) is 29.5 Å². The molecule has 3 rings (SSSR count). The maximum atomic E-state index is 9.21. The molecule has 1 saturated heterocycles. The highest BCUT2D eigenvalue weighted by Gasteiger charge is 2.24. The second kappa shape index (κ2) is 4.71. The van der Waals surface area contributed by atoms with Gasteiger partial charge in [0.05, 0.1) is 5.52 Å². The van der Waals surface area contributed by atoms with Gasteiger partial charge in [-0.3, -0.25) is 0 Å². The van der Waals surface area contributed by atoms with Crippen molar-refractivity contribution in [1.29, 1.82) is 0 Å². The van der Waals surface area contributed by atoms with Gasteiger partial charge >= 0.3 is 0 Å². The molecule has 5 heteroatoms. The van der Waals surface area contributed by atoms with E-state index in [0.717, 1.165) is 36.2 Å². The third-order valence-corrected chi connectivity index (χ3v) is 3.57. The molecular formula is C13H14ClN3O. The second-order valence-corrected chi connectivity index (χ2v) is 4.95. The zero-order valence-electron chi connectivity index (χ0n) is 9.88. The Hall–Kier alpha value is -1.39. The average Bonchev–Trinajstić information content (AvgIpc) is 2.86. The molecule has 1 N–H and O–H groups in total. The van der Waals surface area contributed by atoms with Gasteiger partial charge in [0.25, 0.3) is 0 Å². The fraction of sp³-hybridized carbons (Fsp3) is 0.385. The number of halogens is 1. The highest BCUT2D eigenvalue weighted by Crippen LogP contribution is 2.29. The van der Waals surface area contributed by atoms with Crippen LogP contribution in [0.4, 0.5) is 5.82 Å². The Labute approximate surface area is 110 Å². The van der Waals surface area contributed by atoms with Gasteiger partial charge < -0.3 is 10.0 Å². The van der Waals surface area contributed by atoms with Gasteiger partial charge in [-0.15, -0.1) is 0 Å². The van der Waals surface area contributed by atoms with Crippen LogP contribution in [-0.2, 0) is 0 Å². The van der Waals surface area contributed by atoms with Crippen LogP contribution in [0, 0.1) is 5.92 Å². The molecule has 0 radical (unpaired) electrons. The Bertz CT molecular complexity index is 575. The topological polar surface area (TPSA) is 49.2 Å². The number of rotatable bonds is 2. The fourth-order valence-electron chi connectivity index (χ4n) is 2.45. The summed E-state index contributed by atoms with van der Waals surface area (Å²) in [7, 11) is 0. The van der Waals surface area contributed by atoms with Gasteiger partial charge in [-0.25, -0.2) is 4.98 Å². The first-order valence-electron chi connectivity index (χ1n) is 6.06. The molecule has 1 aliphatic rings. The van der Waals surface area contributed by atoms with Gasteiger partial charge in [0, 0.05) is 31.0 Å². The molecule has 1 unspecified atom stereocenters. The van der Waals surface area contributed by atoms with Crippen LogP contribution in [0.25, 0.3) is 10.9 Å². The molecule has 0 spiro atoms. The number of aliphatic hydroxyl groups is 1. The monoisotopic (exact) mass is 263 g/mol. The van der Waals surface area contributed by atoms with Gasteiger partial charge in [0.2, 0.25) is 5.28 Å². The Morgan fingerprint density at radius 2 is 2.17 bits per heavy atom. The van der Waals surface area contributed by atoms with Crippen molar-refractivity contribution >= 4 is 28.3 Å². The quantitative estimate of drug-likeness (QED) is 0.843. The molecule has 94 valence electrons. The van der Waals surface area contributed by atoms with Crippen LogP contribution in [0.15, 0.2) is 24.3 Å². The van der Waals surface area contributed by atoms with Crippen molar-refractivity contribution in [2.24, 2.45) is 5.92 Å². The Morgan fingerprint density at radius 1 is 1.33 bits per heavy atom. The highest BCUT2D eigenvalue weighted by atomic mass is 35.5.